The van der Waals surface area contributed by atoms with Crippen molar-refractivity contribution in [2.45, 2.75) is 44.8 Å². The minimum absolute atomic E-state index is 0.0266. The van der Waals surface area contributed by atoms with Crippen LogP contribution in [0.1, 0.15) is 32.6 Å². The van der Waals surface area contributed by atoms with Crippen LogP contribution in [0.25, 0.3) is 0 Å². The van der Waals surface area contributed by atoms with Crippen LogP contribution < -0.4 is 5.73 Å². The van der Waals surface area contributed by atoms with E-state index in [2.05, 4.69) is 0 Å². The van der Waals surface area contributed by atoms with E-state index in [1.54, 1.807) is 0 Å². The average molecular weight is 157 g/mol. The molecule has 64 valence electrons. The molecule has 1 saturated carbocycles. The van der Waals surface area contributed by atoms with Crippen LogP contribution in [-0.4, -0.2) is 18.1 Å². The highest BCUT2D eigenvalue weighted by molar-refractivity contribution is 5.66. The Kier molecular flexibility index (Phi) is 2.88. The van der Waals surface area contributed by atoms with Crippen LogP contribution in [0.5, 0.6) is 0 Å². The maximum absolute atomic E-state index is 10.6. The van der Waals surface area contributed by atoms with Gasteiger partial charge in [-0.15, -0.1) is 0 Å². The number of carbonyl (C=O) groups is 1. The van der Waals surface area contributed by atoms with Crippen LogP contribution in [-0.2, 0) is 9.53 Å². The van der Waals surface area contributed by atoms with Crippen molar-refractivity contribution in [3.8, 4) is 0 Å². The van der Waals surface area contributed by atoms with Crippen molar-refractivity contribution in [2.75, 3.05) is 0 Å². The number of rotatable bonds is 1. The first kappa shape index (κ1) is 8.53. The van der Waals surface area contributed by atoms with Gasteiger partial charge in [0.05, 0.1) is 0 Å². The largest absolute Gasteiger partial charge is 0.461 e. The van der Waals surface area contributed by atoms with Gasteiger partial charge in [-0.25, -0.2) is 0 Å². The number of esters is 1. The van der Waals surface area contributed by atoms with Gasteiger partial charge in [0.25, 0.3) is 0 Å². The molecule has 0 amide bonds. The molecule has 0 radical (unpaired) electrons. The molecular formula is C8H15NO2. The second-order valence-corrected chi connectivity index (χ2v) is 3.10. The van der Waals surface area contributed by atoms with E-state index in [1.807, 2.05) is 0 Å². The minimum Gasteiger partial charge on any atom is -0.461 e. The first-order valence-corrected chi connectivity index (χ1v) is 4.13. The maximum Gasteiger partial charge on any atom is 0.302 e. The fourth-order valence-electron chi connectivity index (χ4n) is 1.49. The Balaban J connectivity index is 2.35. The summed E-state index contributed by atoms with van der Waals surface area (Å²) in [7, 11) is 0. The zero-order valence-electron chi connectivity index (χ0n) is 6.88. The van der Waals surface area contributed by atoms with Gasteiger partial charge >= 0.3 is 5.97 Å². The van der Waals surface area contributed by atoms with Crippen LogP contribution in [0, 0.1) is 0 Å². The lowest BCUT2D eigenvalue weighted by molar-refractivity contribution is -0.148. The maximum atomic E-state index is 10.6. The van der Waals surface area contributed by atoms with Gasteiger partial charge in [0.15, 0.2) is 0 Å². The fourth-order valence-corrected chi connectivity index (χ4v) is 1.49. The summed E-state index contributed by atoms with van der Waals surface area (Å²) in [6, 6.07) is 0.0626. The molecule has 2 unspecified atom stereocenters. The van der Waals surface area contributed by atoms with Crippen LogP contribution >= 0.6 is 0 Å². The first-order valence-electron chi connectivity index (χ1n) is 4.13. The lowest BCUT2D eigenvalue weighted by atomic mass is 9.93. The van der Waals surface area contributed by atoms with Gasteiger partial charge in [-0.1, -0.05) is 6.42 Å². The Hall–Kier alpha value is -0.570. The summed E-state index contributed by atoms with van der Waals surface area (Å²) in [4.78, 5) is 10.6. The zero-order chi connectivity index (χ0) is 8.27. The summed E-state index contributed by atoms with van der Waals surface area (Å²) in [5.74, 6) is -0.215. The molecule has 3 nitrogen and oxygen atoms in total. The van der Waals surface area contributed by atoms with Gasteiger partial charge < -0.3 is 10.5 Å². The number of hydrogen-bond acceptors (Lipinski definition) is 3. The van der Waals surface area contributed by atoms with Gasteiger partial charge in [0, 0.05) is 13.0 Å². The van der Waals surface area contributed by atoms with E-state index in [0.717, 1.165) is 19.3 Å². The molecule has 0 spiro atoms. The predicted octanol–water partition coefficient (Wildman–Crippen LogP) is 0.819. The van der Waals surface area contributed by atoms with Gasteiger partial charge in [-0.3, -0.25) is 4.79 Å². The summed E-state index contributed by atoms with van der Waals surface area (Å²) in [5, 5.41) is 0. The fraction of sp³-hybridized carbons (Fsp3) is 0.875. The van der Waals surface area contributed by atoms with E-state index >= 15 is 0 Å². The third-order valence-corrected chi connectivity index (χ3v) is 2.07. The third kappa shape index (κ3) is 2.50. The lowest BCUT2D eigenvalue weighted by Gasteiger charge is -2.27. The molecule has 0 heterocycles. The van der Waals surface area contributed by atoms with Crippen molar-refractivity contribution in [1.82, 2.24) is 0 Å². The molecule has 3 heteroatoms. The summed E-state index contributed by atoms with van der Waals surface area (Å²) < 4.78 is 5.04. The highest BCUT2D eigenvalue weighted by atomic mass is 16.5. The van der Waals surface area contributed by atoms with Crippen molar-refractivity contribution < 1.29 is 9.53 Å². The van der Waals surface area contributed by atoms with Crippen LogP contribution in [0.4, 0.5) is 0 Å². The van der Waals surface area contributed by atoms with Crippen LogP contribution in [0.15, 0.2) is 0 Å². The van der Waals surface area contributed by atoms with Crippen LogP contribution in [0.2, 0.25) is 0 Å². The van der Waals surface area contributed by atoms with Crippen molar-refractivity contribution in [3.63, 3.8) is 0 Å². The summed E-state index contributed by atoms with van der Waals surface area (Å²) in [5.41, 5.74) is 5.75. The quantitative estimate of drug-likeness (QED) is 0.573. The average Bonchev–Trinajstić information content (AvgIpc) is 1.93. The van der Waals surface area contributed by atoms with Gasteiger partial charge in [0.1, 0.15) is 6.10 Å². The summed E-state index contributed by atoms with van der Waals surface area (Å²) >= 11 is 0. The SMILES string of the molecule is CC(=O)OC1CCCCC1N. The van der Waals surface area contributed by atoms with E-state index in [1.165, 1.54) is 13.3 Å². The Bertz CT molecular complexity index is 147. The molecule has 11 heavy (non-hydrogen) atoms. The van der Waals surface area contributed by atoms with E-state index in [-0.39, 0.29) is 18.1 Å². The van der Waals surface area contributed by atoms with Crippen molar-refractivity contribution in [1.29, 1.82) is 0 Å². The van der Waals surface area contributed by atoms with E-state index in [9.17, 15) is 4.79 Å². The number of nitrogens with two attached hydrogens (primary N) is 1. The highest BCUT2D eigenvalue weighted by Gasteiger charge is 2.23. The Morgan fingerprint density at radius 2 is 2.09 bits per heavy atom. The van der Waals surface area contributed by atoms with E-state index < -0.39 is 0 Å². The smallest absolute Gasteiger partial charge is 0.302 e. The topological polar surface area (TPSA) is 52.3 Å². The van der Waals surface area contributed by atoms with Gasteiger partial charge in [-0.05, 0) is 19.3 Å². The predicted molar refractivity (Wildman–Crippen MR) is 42.0 cm³/mol. The highest BCUT2D eigenvalue weighted by Crippen LogP contribution is 2.19. The molecular weight excluding hydrogens is 142 g/mol. The van der Waals surface area contributed by atoms with Crippen molar-refractivity contribution in [3.05, 3.63) is 0 Å². The summed E-state index contributed by atoms with van der Waals surface area (Å²) in [6.07, 6.45) is 4.18. The second kappa shape index (κ2) is 3.72. The molecule has 2 atom stereocenters. The molecule has 0 saturated heterocycles. The molecule has 1 fully saturated rings. The van der Waals surface area contributed by atoms with E-state index in [0.29, 0.717) is 0 Å². The standard InChI is InChI=1S/C8H15NO2/c1-6(10)11-8-5-3-2-4-7(8)9/h7-8H,2-5,9H2,1H3. The molecule has 0 aromatic carbocycles. The second-order valence-electron chi connectivity index (χ2n) is 3.10. The number of ether oxygens (including phenoxy) is 1. The van der Waals surface area contributed by atoms with Crippen molar-refractivity contribution >= 4 is 5.97 Å². The Morgan fingerprint density at radius 1 is 1.45 bits per heavy atom. The Morgan fingerprint density at radius 3 is 2.64 bits per heavy atom. The van der Waals surface area contributed by atoms with Gasteiger partial charge in [-0.2, -0.15) is 0 Å². The van der Waals surface area contributed by atoms with Gasteiger partial charge in [0.2, 0.25) is 0 Å². The third-order valence-electron chi connectivity index (χ3n) is 2.07. The Labute approximate surface area is 66.9 Å². The molecule has 1 aliphatic carbocycles. The molecule has 2 N–H and O–H groups in total. The van der Waals surface area contributed by atoms with Crippen LogP contribution in [0.3, 0.4) is 0 Å². The minimum atomic E-state index is -0.215. The summed E-state index contributed by atoms with van der Waals surface area (Å²) in [6.45, 7) is 1.43. The lowest BCUT2D eigenvalue weighted by Crippen LogP contribution is -2.40. The molecule has 0 bridgehead atoms. The first-order chi connectivity index (χ1) is 5.20. The molecule has 0 aromatic rings. The van der Waals surface area contributed by atoms with E-state index in [4.69, 9.17) is 10.5 Å². The molecule has 0 aromatic heterocycles. The van der Waals surface area contributed by atoms with Crippen molar-refractivity contribution in [2.24, 2.45) is 5.73 Å². The molecule has 0 aliphatic heterocycles. The molecule has 1 rings (SSSR count). The normalized spacial score (nSPS) is 31.5. The zero-order valence-corrected chi connectivity index (χ0v) is 6.88. The molecule has 1 aliphatic rings. The monoisotopic (exact) mass is 157 g/mol. The number of carbonyl (C=O) groups excluding carboxylic acids is 1. The number of hydrogen-bond donors (Lipinski definition) is 1.